The second-order valence-electron chi connectivity index (χ2n) is 13.0. The number of ether oxygens (including phenoxy) is 2. The van der Waals surface area contributed by atoms with Crippen LogP contribution in [0.3, 0.4) is 0 Å². The molecule has 214 valence electrons. The molecule has 1 aliphatic heterocycles. The number of hydrogen-bond donors (Lipinski definition) is 1. The van der Waals surface area contributed by atoms with Crippen LogP contribution in [-0.4, -0.2) is 54.3 Å². The molecule has 10 heteroatoms. The monoisotopic (exact) mass is 568 g/mol. The minimum absolute atomic E-state index is 0.0548. The highest BCUT2D eigenvalue weighted by molar-refractivity contribution is 6.48. The lowest BCUT2D eigenvalue weighted by atomic mass is 9.43. The summed E-state index contributed by atoms with van der Waals surface area (Å²) in [6.07, 6.45) is 3.73. The largest absolute Gasteiger partial charge is 0.496 e. The zero-order chi connectivity index (χ0) is 29.0. The lowest BCUT2D eigenvalue weighted by Crippen LogP contribution is -2.65. The minimum atomic E-state index is -0.691. The van der Waals surface area contributed by atoms with Gasteiger partial charge in [0.1, 0.15) is 22.1 Å². The standard InChI is InChI=1S/C30H38BClN2O6/c1-28(2,3)38-27(36)20-10-8-9-17(25(20)37-7)13-23(34-26(35)18-11-12-24(32)33-16-18)31-39-22-15-19-14-21(29(19,4)5)30(22,6)40-31/h8-12,16,19,21-23H,13-15H2,1-7H3,(H,34,35). The molecule has 40 heavy (non-hydrogen) atoms. The summed E-state index contributed by atoms with van der Waals surface area (Å²) in [6.45, 7) is 12.2. The van der Waals surface area contributed by atoms with Crippen LogP contribution in [0, 0.1) is 17.3 Å². The fraction of sp³-hybridized carbons (Fsp3) is 0.567. The van der Waals surface area contributed by atoms with Gasteiger partial charge in [-0.2, -0.15) is 0 Å². The first-order valence-corrected chi connectivity index (χ1v) is 14.3. The number of methoxy groups -OCH3 is 1. The number of carbonyl (C=O) groups is 2. The Labute approximate surface area is 241 Å². The first-order chi connectivity index (χ1) is 18.7. The number of benzene rings is 1. The number of nitrogens with zero attached hydrogens (tertiary/aromatic N) is 1. The second-order valence-corrected chi connectivity index (χ2v) is 13.4. The van der Waals surface area contributed by atoms with Crippen molar-refractivity contribution in [2.45, 2.75) is 84.1 Å². The Kier molecular flexibility index (Phi) is 7.47. The van der Waals surface area contributed by atoms with Crippen molar-refractivity contribution in [2.24, 2.45) is 17.3 Å². The van der Waals surface area contributed by atoms with Crippen LogP contribution in [0.2, 0.25) is 5.15 Å². The Morgan fingerprint density at radius 1 is 1.20 bits per heavy atom. The molecule has 0 spiro atoms. The fourth-order valence-corrected chi connectivity index (χ4v) is 6.88. The van der Waals surface area contributed by atoms with Crippen molar-refractivity contribution in [3.63, 3.8) is 0 Å². The molecule has 6 rings (SSSR count). The van der Waals surface area contributed by atoms with Crippen molar-refractivity contribution < 1.29 is 28.4 Å². The highest BCUT2D eigenvalue weighted by Gasteiger charge is 2.68. The van der Waals surface area contributed by atoms with Crippen LogP contribution in [-0.2, 0) is 20.5 Å². The predicted octanol–water partition coefficient (Wildman–Crippen LogP) is 5.31. The topological polar surface area (TPSA) is 96.0 Å². The van der Waals surface area contributed by atoms with Gasteiger partial charge in [-0.25, -0.2) is 9.78 Å². The first-order valence-electron chi connectivity index (χ1n) is 13.9. The Hall–Kier alpha value is -2.62. The Balaban J connectivity index is 1.45. The molecule has 1 aromatic carbocycles. The third-order valence-corrected chi connectivity index (χ3v) is 9.19. The van der Waals surface area contributed by atoms with Gasteiger partial charge in [0, 0.05) is 6.20 Å². The van der Waals surface area contributed by atoms with Crippen LogP contribution in [0.1, 0.15) is 80.7 Å². The second kappa shape index (κ2) is 10.3. The van der Waals surface area contributed by atoms with Crippen LogP contribution in [0.15, 0.2) is 36.5 Å². The summed E-state index contributed by atoms with van der Waals surface area (Å²) in [4.78, 5) is 30.4. The van der Waals surface area contributed by atoms with Gasteiger partial charge in [-0.05, 0) is 88.0 Å². The van der Waals surface area contributed by atoms with Crippen LogP contribution < -0.4 is 10.1 Å². The Morgan fingerprint density at radius 3 is 2.58 bits per heavy atom. The highest BCUT2D eigenvalue weighted by Crippen LogP contribution is 2.65. The summed E-state index contributed by atoms with van der Waals surface area (Å²) in [7, 11) is 0.830. The van der Waals surface area contributed by atoms with Crippen molar-refractivity contribution in [1.29, 1.82) is 0 Å². The van der Waals surface area contributed by atoms with E-state index in [-0.39, 0.29) is 17.4 Å². The maximum Gasteiger partial charge on any atom is 0.482 e. The van der Waals surface area contributed by atoms with Gasteiger partial charge in [0.15, 0.2) is 0 Å². The zero-order valence-electron chi connectivity index (χ0n) is 24.2. The lowest BCUT2D eigenvalue weighted by Gasteiger charge is -2.64. The maximum atomic E-state index is 13.4. The Morgan fingerprint density at radius 2 is 1.95 bits per heavy atom. The molecule has 1 saturated heterocycles. The summed E-state index contributed by atoms with van der Waals surface area (Å²) in [5.41, 5.74) is 0.486. The van der Waals surface area contributed by atoms with Crippen LogP contribution in [0.4, 0.5) is 0 Å². The van der Waals surface area contributed by atoms with E-state index in [1.165, 1.54) is 13.3 Å². The fourth-order valence-electron chi connectivity index (χ4n) is 6.77. The molecule has 4 fully saturated rings. The summed E-state index contributed by atoms with van der Waals surface area (Å²) in [5, 5.41) is 3.42. The van der Waals surface area contributed by atoms with Gasteiger partial charge in [-0.15, -0.1) is 0 Å². The minimum Gasteiger partial charge on any atom is -0.496 e. The molecular weight excluding hydrogens is 531 g/mol. The van der Waals surface area contributed by atoms with E-state index in [1.54, 1.807) is 24.3 Å². The van der Waals surface area contributed by atoms with E-state index < -0.39 is 30.2 Å². The molecule has 5 unspecified atom stereocenters. The van der Waals surface area contributed by atoms with Crippen LogP contribution in [0.25, 0.3) is 0 Å². The van der Waals surface area contributed by atoms with Crippen molar-refractivity contribution in [1.82, 2.24) is 10.3 Å². The van der Waals surface area contributed by atoms with Crippen LogP contribution >= 0.6 is 11.6 Å². The smallest absolute Gasteiger partial charge is 0.482 e. The summed E-state index contributed by atoms with van der Waals surface area (Å²) < 4.78 is 24.6. The molecule has 2 heterocycles. The molecular formula is C30H38BClN2O6. The molecule has 2 bridgehead atoms. The molecule has 3 aliphatic carbocycles. The molecule has 4 aliphatic rings. The average Bonchev–Trinajstić information content (AvgIpc) is 3.24. The SMILES string of the molecule is COc1c(CC(NC(=O)c2ccc(Cl)nc2)B2OC3CC4CC(C4(C)C)C3(C)O2)cccc1C(=O)OC(C)(C)C. The number of nitrogens with one attached hydrogen (secondary N) is 1. The van der Waals surface area contributed by atoms with Gasteiger partial charge in [-0.1, -0.05) is 37.6 Å². The van der Waals surface area contributed by atoms with Gasteiger partial charge in [0.2, 0.25) is 0 Å². The van der Waals surface area contributed by atoms with Gasteiger partial charge >= 0.3 is 13.1 Å². The Bertz CT molecular complexity index is 1300. The normalized spacial score (nSPS) is 27.3. The van der Waals surface area contributed by atoms with Crippen molar-refractivity contribution >= 4 is 30.6 Å². The molecule has 8 nitrogen and oxygen atoms in total. The van der Waals surface area contributed by atoms with Crippen molar-refractivity contribution in [3.8, 4) is 5.75 Å². The summed E-state index contributed by atoms with van der Waals surface area (Å²) in [5.74, 6) is -0.0172. The summed E-state index contributed by atoms with van der Waals surface area (Å²) >= 11 is 5.94. The highest BCUT2D eigenvalue weighted by atomic mass is 35.5. The quantitative estimate of drug-likeness (QED) is 0.275. The van der Waals surface area contributed by atoms with Gasteiger partial charge in [0.05, 0.1) is 30.3 Å². The number of pyridine rings is 1. The molecule has 1 aromatic heterocycles. The molecule has 1 N–H and O–H groups in total. The van der Waals surface area contributed by atoms with Crippen molar-refractivity contribution in [2.75, 3.05) is 7.11 Å². The third kappa shape index (κ3) is 5.24. The molecule has 1 amide bonds. The number of carbonyl (C=O) groups excluding carboxylic acids is 2. The molecule has 0 radical (unpaired) electrons. The zero-order valence-corrected chi connectivity index (χ0v) is 25.0. The van der Waals surface area contributed by atoms with E-state index in [0.717, 1.165) is 18.4 Å². The third-order valence-electron chi connectivity index (χ3n) is 8.96. The van der Waals surface area contributed by atoms with E-state index in [0.29, 0.717) is 40.3 Å². The summed E-state index contributed by atoms with van der Waals surface area (Å²) in [6, 6.07) is 8.54. The number of amides is 1. The van der Waals surface area contributed by atoms with E-state index in [9.17, 15) is 9.59 Å². The van der Waals surface area contributed by atoms with Crippen molar-refractivity contribution in [3.05, 3.63) is 58.4 Å². The number of esters is 1. The number of hydrogen-bond acceptors (Lipinski definition) is 7. The molecule has 5 atom stereocenters. The van der Waals surface area contributed by atoms with Crippen LogP contribution in [0.5, 0.6) is 5.75 Å². The molecule has 2 aromatic rings. The van der Waals surface area contributed by atoms with E-state index in [4.69, 9.17) is 30.4 Å². The van der Waals surface area contributed by atoms with Gasteiger partial charge < -0.3 is 24.1 Å². The molecule has 3 saturated carbocycles. The van der Waals surface area contributed by atoms with Gasteiger partial charge in [0.25, 0.3) is 5.91 Å². The predicted molar refractivity (Wildman–Crippen MR) is 152 cm³/mol. The lowest BCUT2D eigenvalue weighted by molar-refractivity contribution is -0.199. The number of halogens is 1. The van der Waals surface area contributed by atoms with E-state index >= 15 is 0 Å². The van der Waals surface area contributed by atoms with Gasteiger partial charge in [-0.3, -0.25) is 4.79 Å². The maximum absolute atomic E-state index is 13.4. The number of aromatic nitrogens is 1. The number of rotatable bonds is 7. The van der Waals surface area contributed by atoms with E-state index in [1.807, 2.05) is 26.8 Å². The average molecular weight is 569 g/mol. The number of para-hydroxylation sites is 1. The van der Waals surface area contributed by atoms with E-state index in [2.05, 4.69) is 31.1 Å². The first kappa shape index (κ1) is 28.9.